The molecule has 0 aromatic heterocycles. The van der Waals surface area contributed by atoms with Gasteiger partial charge in [-0.05, 0) is 18.2 Å². The number of rotatable bonds is 3. The molecule has 0 radical (unpaired) electrons. The number of hydrogen-bond acceptors (Lipinski definition) is 4. The molecular weight excluding hydrogens is 295 g/mol. The zero-order chi connectivity index (χ0) is 14.2. The summed E-state index contributed by atoms with van der Waals surface area (Å²) in [6.07, 6.45) is -0.799. The van der Waals surface area contributed by atoms with Crippen LogP contribution in [0.15, 0.2) is 23.1 Å². The third-order valence-corrected chi connectivity index (χ3v) is 5.53. The molecule has 2 rings (SSSR count). The first kappa shape index (κ1) is 14.7. The Bertz CT molecular complexity index is 581. The maximum absolute atomic E-state index is 13.2. The molecule has 1 aliphatic rings. The topological polar surface area (TPSA) is 69.6 Å². The third kappa shape index (κ3) is 2.75. The van der Waals surface area contributed by atoms with Gasteiger partial charge in [-0.15, -0.1) is 0 Å². The molecule has 106 valence electrons. The van der Waals surface area contributed by atoms with Crippen LogP contribution in [0.25, 0.3) is 0 Å². The lowest BCUT2D eigenvalue weighted by Crippen LogP contribution is -2.44. The van der Waals surface area contributed by atoms with E-state index in [1.54, 1.807) is 0 Å². The minimum absolute atomic E-state index is 0.0475. The number of aliphatic hydroxyl groups is 1. The van der Waals surface area contributed by atoms with Crippen molar-refractivity contribution in [3.63, 3.8) is 0 Å². The van der Waals surface area contributed by atoms with Gasteiger partial charge in [0.05, 0.1) is 17.2 Å². The van der Waals surface area contributed by atoms with E-state index in [0.717, 1.165) is 16.4 Å². The van der Waals surface area contributed by atoms with Crippen LogP contribution in [0, 0.1) is 5.82 Å². The lowest BCUT2D eigenvalue weighted by Gasteiger charge is -2.26. The Morgan fingerprint density at radius 1 is 1.47 bits per heavy atom. The number of halogens is 2. The van der Waals surface area contributed by atoms with E-state index >= 15 is 0 Å². The van der Waals surface area contributed by atoms with Gasteiger partial charge in [-0.2, -0.15) is 4.31 Å². The van der Waals surface area contributed by atoms with E-state index in [1.807, 2.05) is 0 Å². The second-order valence-electron chi connectivity index (χ2n) is 4.39. The van der Waals surface area contributed by atoms with Gasteiger partial charge in [-0.25, -0.2) is 12.8 Å². The molecule has 8 heteroatoms. The highest BCUT2D eigenvalue weighted by atomic mass is 35.5. The van der Waals surface area contributed by atoms with Crippen molar-refractivity contribution in [2.24, 2.45) is 0 Å². The van der Waals surface area contributed by atoms with Gasteiger partial charge in [-0.1, -0.05) is 11.6 Å². The molecule has 1 aliphatic heterocycles. The van der Waals surface area contributed by atoms with E-state index in [0.29, 0.717) is 13.1 Å². The highest BCUT2D eigenvalue weighted by Crippen LogP contribution is 2.26. The van der Waals surface area contributed by atoms with Gasteiger partial charge in [0, 0.05) is 20.1 Å². The quantitative estimate of drug-likeness (QED) is 0.850. The maximum atomic E-state index is 13.2. The lowest BCUT2D eigenvalue weighted by molar-refractivity contribution is 0.136. The molecule has 1 saturated heterocycles. The first-order chi connectivity index (χ1) is 8.84. The van der Waals surface area contributed by atoms with Crippen molar-refractivity contribution in [1.29, 1.82) is 0 Å². The van der Waals surface area contributed by atoms with Gasteiger partial charge in [0.2, 0.25) is 10.0 Å². The fourth-order valence-electron chi connectivity index (χ4n) is 2.03. The number of sulfonamides is 1. The number of hydrogen-bond donors (Lipinski definition) is 2. The Morgan fingerprint density at radius 3 is 2.74 bits per heavy atom. The molecule has 0 saturated carbocycles. The van der Waals surface area contributed by atoms with Crippen molar-refractivity contribution < 1.29 is 17.9 Å². The summed E-state index contributed by atoms with van der Waals surface area (Å²) in [6, 6.07) is 2.57. The molecule has 2 N–H and O–H groups in total. The number of nitrogens with one attached hydrogen (secondary N) is 1. The molecule has 2 atom stereocenters. The maximum Gasteiger partial charge on any atom is 0.244 e. The molecule has 1 aromatic rings. The molecule has 19 heavy (non-hydrogen) atoms. The van der Waals surface area contributed by atoms with Crippen LogP contribution in [0.3, 0.4) is 0 Å². The predicted molar refractivity (Wildman–Crippen MR) is 69.0 cm³/mol. The Kier molecular flexibility index (Phi) is 4.12. The number of aliphatic hydroxyl groups excluding tert-OH is 1. The van der Waals surface area contributed by atoms with E-state index in [9.17, 15) is 17.9 Å². The highest BCUT2D eigenvalue weighted by molar-refractivity contribution is 7.89. The van der Waals surface area contributed by atoms with E-state index in [1.165, 1.54) is 13.1 Å². The van der Waals surface area contributed by atoms with Crippen LogP contribution < -0.4 is 5.32 Å². The molecule has 1 heterocycles. The summed E-state index contributed by atoms with van der Waals surface area (Å²) in [7, 11) is -2.60. The molecule has 0 amide bonds. The van der Waals surface area contributed by atoms with Crippen molar-refractivity contribution >= 4 is 21.6 Å². The van der Waals surface area contributed by atoms with Crippen LogP contribution in [0.1, 0.15) is 0 Å². The zero-order valence-electron chi connectivity index (χ0n) is 10.2. The molecular formula is C11H14ClFN2O3S. The van der Waals surface area contributed by atoms with Crippen LogP contribution in [-0.4, -0.2) is 50.1 Å². The standard InChI is InChI=1S/C11H14ClFN2O3S/c1-15(9-5-14-6-10(9)16)19(17,18)11-4-7(13)2-3-8(11)12/h2-4,9-10,14,16H,5-6H2,1H3/t9-,10-/m1/s1. The van der Waals surface area contributed by atoms with Gasteiger partial charge < -0.3 is 10.4 Å². The van der Waals surface area contributed by atoms with Crippen LogP contribution in [0.2, 0.25) is 5.02 Å². The fraction of sp³-hybridized carbons (Fsp3) is 0.455. The van der Waals surface area contributed by atoms with E-state index < -0.39 is 28.0 Å². The summed E-state index contributed by atoms with van der Waals surface area (Å²) in [4.78, 5) is -0.296. The largest absolute Gasteiger partial charge is 0.390 e. The Labute approximate surface area is 116 Å². The van der Waals surface area contributed by atoms with Crippen molar-refractivity contribution in [2.75, 3.05) is 20.1 Å². The second-order valence-corrected chi connectivity index (χ2v) is 6.76. The molecule has 1 fully saturated rings. The summed E-state index contributed by atoms with van der Waals surface area (Å²) in [6.45, 7) is 0.658. The van der Waals surface area contributed by atoms with Crippen molar-refractivity contribution in [1.82, 2.24) is 9.62 Å². The smallest absolute Gasteiger partial charge is 0.244 e. The predicted octanol–water partition coefficient (Wildman–Crippen LogP) is 0.432. The summed E-state index contributed by atoms with van der Waals surface area (Å²) >= 11 is 5.82. The molecule has 0 aliphatic carbocycles. The monoisotopic (exact) mass is 308 g/mol. The van der Waals surface area contributed by atoms with Crippen LogP contribution in [-0.2, 0) is 10.0 Å². The Balaban J connectivity index is 2.39. The first-order valence-electron chi connectivity index (χ1n) is 5.66. The lowest BCUT2D eigenvalue weighted by atomic mass is 10.2. The molecule has 1 aromatic carbocycles. The molecule has 5 nitrogen and oxygen atoms in total. The molecule has 0 bridgehead atoms. The Morgan fingerprint density at radius 2 is 2.16 bits per heavy atom. The minimum Gasteiger partial charge on any atom is -0.390 e. The summed E-state index contributed by atoms with van der Waals surface area (Å²) in [5.74, 6) is -0.679. The SMILES string of the molecule is CN([C@@H]1CNC[C@H]1O)S(=O)(=O)c1cc(F)ccc1Cl. The third-order valence-electron chi connectivity index (χ3n) is 3.17. The average Bonchev–Trinajstić information content (AvgIpc) is 2.77. The summed E-state index contributed by atoms with van der Waals surface area (Å²) in [5.41, 5.74) is 0. The molecule has 0 spiro atoms. The van der Waals surface area contributed by atoms with Gasteiger partial charge >= 0.3 is 0 Å². The van der Waals surface area contributed by atoms with Crippen molar-refractivity contribution in [3.8, 4) is 0 Å². The van der Waals surface area contributed by atoms with Gasteiger partial charge in [-0.3, -0.25) is 0 Å². The minimum atomic E-state index is -3.95. The van der Waals surface area contributed by atoms with Crippen LogP contribution in [0.5, 0.6) is 0 Å². The van der Waals surface area contributed by atoms with Gasteiger partial charge in [0.15, 0.2) is 0 Å². The second kappa shape index (κ2) is 5.34. The van der Waals surface area contributed by atoms with Crippen molar-refractivity contribution in [3.05, 3.63) is 29.0 Å². The zero-order valence-corrected chi connectivity index (χ0v) is 11.7. The van der Waals surface area contributed by atoms with Crippen molar-refractivity contribution in [2.45, 2.75) is 17.0 Å². The van der Waals surface area contributed by atoms with Crippen LogP contribution in [0.4, 0.5) is 4.39 Å². The normalized spacial score (nSPS) is 24.1. The summed E-state index contributed by atoms with van der Waals surface area (Å²) < 4.78 is 39.0. The number of β-amino-alcohol motifs (C(OH)–C–C–N with tert-alkyl or cyclic N) is 1. The number of likely N-dealkylation sites (N-methyl/N-ethyl adjacent to an activating group) is 1. The average molecular weight is 309 g/mol. The van der Waals surface area contributed by atoms with Gasteiger partial charge in [0.1, 0.15) is 10.7 Å². The fourth-order valence-corrected chi connectivity index (χ4v) is 3.90. The number of nitrogens with zero attached hydrogens (tertiary/aromatic N) is 1. The van der Waals surface area contributed by atoms with E-state index in [4.69, 9.17) is 11.6 Å². The number of benzene rings is 1. The van der Waals surface area contributed by atoms with Gasteiger partial charge in [0.25, 0.3) is 0 Å². The Hall–Kier alpha value is -0.730. The highest BCUT2D eigenvalue weighted by Gasteiger charge is 2.36. The van der Waals surface area contributed by atoms with E-state index in [2.05, 4.69) is 5.32 Å². The molecule has 0 unspecified atom stereocenters. The first-order valence-corrected chi connectivity index (χ1v) is 7.47. The van der Waals surface area contributed by atoms with E-state index in [-0.39, 0.29) is 9.92 Å². The van der Waals surface area contributed by atoms with Crippen LogP contribution >= 0.6 is 11.6 Å². The summed E-state index contributed by atoms with van der Waals surface area (Å²) in [5, 5.41) is 12.6.